The molecule has 0 unspecified atom stereocenters. The SMILES string of the molecule is Cc1nn(C)c(Cl)c1-c1cccc(C=O)c1. The zero-order chi connectivity index (χ0) is 11.7. The highest BCUT2D eigenvalue weighted by Crippen LogP contribution is 2.30. The van der Waals surface area contributed by atoms with E-state index in [0.29, 0.717) is 10.7 Å². The fourth-order valence-corrected chi connectivity index (χ4v) is 2.01. The van der Waals surface area contributed by atoms with Gasteiger partial charge in [0.05, 0.1) is 5.69 Å². The van der Waals surface area contributed by atoms with Gasteiger partial charge in [0.15, 0.2) is 0 Å². The molecule has 0 aliphatic rings. The van der Waals surface area contributed by atoms with Crippen molar-refractivity contribution in [2.45, 2.75) is 6.92 Å². The monoisotopic (exact) mass is 234 g/mol. The first kappa shape index (κ1) is 10.9. The normalized spacial score (nSPS) is 10.4. The van der Waals surface area contributed by atoms with Crippen LogP contribution in [0.2, 0.25) is 5.15 Å². The molecule has 1 aromatic carbocycles. The second kappa shape index (κ2) is 4.10. The quantitative estimate of drug-likeness (QED) is 0.749. The molecule has 82 valence electrons. The summed E-state index contributed by atoms with van der Waals surface area (Å²) in [6, 6.07) is 7.32. The van der Waals surface area contributed by atoms with Crippen molar-refractivity contribution in [2.24, 2.45) is 7.05 Å². The van der Waals surface area contributed by atoms with Crippen molar-refractivity contribution in [1.82, 2.24) is 9.78 Å². The number of carbonyl (C=O) groups excluding carboxylic acids is 1. The number of aryl methyl sites for hydroxylation is 2. The molecule has 0 aliphatic heterocycles. The topological polar surface area (TPSA) is 34.9 Å². The van der Waals surface area contributed by atoms with Crippen LogP contribution >= 0.6 is 11.6 Å². The summed E-state index contributed by atoms with van der Waals surface area (Å²) in [4.78, 5) is 10.7. The molecule has 3 nitrogen and oxygen atoms in total. The molecule has 4 heteroatoms. The van der Waals surface area contributed by atoms with Crippen molar-refractivity contribution in [3.05, 3.63) is 40.7 Å². The van der Waals surface area contributed by atoms with Crippen LogP contribution in [0.5, 0.6) is 0 Å². The summed E-state index contributed by atoms with van der Waals surface area (Å²) in [7, 11) is 1.79. The van der Waals surface area contributed by atoms with Gasteiger partial charge in [-0.15, -0.1) is 0 Å². The molecule has 1 aromatic heterocycles. The molecule has 0 bridgehead atoms. The van der Waals surface area contributed by atoms with Crippen molar-refractivity contribution in [3.63, 3.8) is 0 Å². The number of aldehydes is 1. The molecular weight excluding hydrogens is 224 g/mol. The van der Waals surface area contributed by atoms with Crippen LogP contribution in [0.4, 0.5) is 0 Å². The van der Waals surface area contributed by atoms with E-state index in [1.165, 1.54) is 0 Å². The third kappa shape index (κ3) is 1.74. The highest BCUT2D eigenvalue weighted by atomic mass is 35.5. The fourth-order valence-electron chi connectivity index (χ4n) is 1.73. The summed E-state index contributed by atoms with van der Waals surface area (Å²) < 4.78 is 1.62. The predicted octanol–water partition coefficient (Wildman–Crippen LogP) is 2.86. The summed E-state index contributed by atoms with van der Waals surface area (Å²) in [6.07, 6.45) is 0.823. The van der Waals surface area contributed by atoms with Gasteiger partial charge in [0.25, 0.3) is 0 Å². The van der Waals surface area contributed by atoms with Crippen molar-refractivity contribution < 1.29 is 4.79 Å². The van der Waals surface area contributed by atoms with Crippen LogP contribution in [0, 0.1) is 6.92 Å². The minimum atomic E-state index is 0.584. The number of aromatic nitrogens is 2. The van der Waals surface area contributed by atoms with E-state index in [-0.39, 0.29) is 0 Å². The van der Waals surface area contributed by atoms with E-state index in [2.05, 4.69) is 5.10 Å². The van der Waals surface area contributed by atoms with E-state index in [4.69, 9.17) is 11.6 Å². The Morgan fingerprint density at radius 1 is 1.44 bits per heavy atom. The summed E-state index contributed by atoms with van der Waals surface area (Å²) in [5.74, 6) is 0. The lowest BCUT2D eigenvalue weighted by Gasteiger charge is -2.01. The Hall–Kier alpha value is -1.61. The lowest BCUT2D eigenvalue weighted by atomic mass is 10.0. The first-order chi connectivity index (χ1) is 7.63. The lowest BCUT2D eigenvalue weighted by Crippen LogP contribution is -1.89. The predicted molar refractivity (Wildman–Crippen MR) is 63.8 cm³/mol. The Morgan fingerprint density at radius 3 is 2.75 bits per heavy atom. The van der Waals surface area contributed by atoms with Gasteiger partial charge in [0, 0.05) is 18.2 Å². The summed E-state index contributed by atoms with van der Waals surface area (Å²) in [5, 5.41) is 4.82. The van der Waals surface area contributed by atoms with E-state index in [1.54, 1.807) is 17.8 Å². The molecule has 0 fully saturated rings. The number of nitrogens with zero attached hydrogens (tertiary/aromatic N) is 2. The fraction of sp³-hybridized carbons (Fsp3) is 0.167. The van der Waals surface area contributed by atoms with Crippen LogP contribution in [0.1, 0.15) is 16.1 Å². The van der Waals surface area contributed by atoms with Crippen molar-refractivity contribution in [1.29, 1.82) is 0 Å². The number of rotatable bonds is 2. The van der Waals surface area contributed by atoms with Crippen LogP contribution in [-0.4, -0.2) is 16.1 Å². The summed E-state index contributed by atoms with van der Waals surface area (Å²) in [6.45, 7) is 1.90. The third-order valence-electron chi connectivity index (χ3n) is 2.46. The first-order valence-corrected chi connectivity index (χ1v) is 5.26. The molecule has 0 amide bonds. The average Bonchev–Trinajstić information content (AvgIpc) is 2.53. The van der Waals surface area contributed by atoms with Crippen LogP contribution in [0.3, 0.4) is 0 Å². The van der Waals surface area contributed by atoms with Gasteiger partial charge in [-0.2, -0.15) is 5.10 Å². The Kier molecular flexibility index (Phi) is 2.79. The second-order valence-corrected chi connectivity index (χ2v) is 3.98. The van der Waals surface area contributed by atoms with Crippen molar-refractivity contribution >= 4 is 17.9 Å². The van der Waals surface area contributed by atoms with Crippen LogP contribution < -0.4 is 0 Å². The van der Waals surface area contributed by atoms with Gasteiger partial charge in [-0.05, 0) is 18.6 Å². The van der Waals surface area contributed by atoms with Gasteiger partial charge in [0.1, 0.15) is 11.4 Å². The zero-order valence-corrected chi connectivity index (χ0v) is 9.82. The number of benzene rings is 1. The Balaban J connectivity index is 2.62. The average molecular weight is 235 g/mol. The van der Waals surface area contributed by atoms with E-state index >= 15 is 0 Å². The molecule has 1 heterocycles. The molecule has 0 N–H and O–H groups in total. The summed E-state index contributed by atoms with van der Waals surface area (Å²) >= 11 is 6.16. The van der Waals surface area contributed by atoms with Gasteiger partial charge < -0.3 is 0 Å². The van der Waals surface area contributed by atoms with Gasteiger partial charge in [0.2, 0.25) is 0 Å². The Bertz CT molecular complexity index is 546. The maximum atomic E-state index is 10.7. The standard InChI is InChI=1S/C12H11ClN2O/c1-8-11(12(13)15(2)14-8)10-5-3-4-9(6-10)7-16/h3-7H,1-2H3. The molecule has 0 saturated carbocycles. The molecule has 2 aromatic rings. The molecule has 2 rings (SSSR count). The van der Waals surface area contributed by atoms with E-state index < -0.39 is 0 Å². The Labute approximate surface area is 98.7 Å². The number of hydrogen-bond acceptors (Lipinski definition) is 2. The smallest absolute Gasteiger partial charge is 0.150 e. The van der Waals surface area contributed by atoms with E-state index in [9.17, 15) is 4.79 Å². The van der Waals surface area contributed by atoms with Crippen LogP contribution in [-0.2, 0) is 7.05 Å². The largest absolute Gasteiger partial charge is 0.298 e. The van der Waals surface area contributed by atoms with Crippen LogP contribution in [0.15, 0.2) is 24.3 Å². The highest BCUT2D eigenvalue weighted by Gasteiger charge is 2.13. The number of carbonyl (C=O) groups is 1. The molecule has 16 heavy (non-hydrogen) atoms. The molecular formula is C12H11ClN2O. The maximum Gasteiger partial charge on any atom is 0.150 e. The molecule has 0 spiro atoms. The van der Waals surface area contributed by atoms with Crippen LogP contribution in [0.25, 0.3) is 11.1 Å². The van der Waals surface area contributed by atoms with Gasteiger partial charge in [-0.1, -0.05) is 29.8 Å². The van der Waals surface area contributed by atoms with Crippen molar-refractivity contribution in [2.75, 3.05) is 0 Å². The minimum Gasteiger partial charge on any atom is -0.298 e. The molecule has 0 aliphatic carbocycles. The molecule has 0 radical (unpaired) electrons. The van der Waals surface area contributed by atoms with Gasteiger partial charge in [-0.3, -0.25) is 9.48 Å². The van der Waals surface area contributed by atoms with E-state index in [1.807, 2.05) is 25.1 Å². The molecule has 0 saturated heterocycles. The third-order valence-corrected chi connectivity index (χ3v) is 2.90. The number of hydrogen-bond donors (Lipinski definition) is 0. The number of halogens is 1. The second-order valence-electron chi connectivity index (χ2n) is 3.62. The van der Waals surface area contributed by atoms with Gasteiger partial charge in [-0.25, -0.2) is 0 Å². The van der Waals surface area contributed by atoms with Gasteiger partial charge >= 0.3 is 0 Å². The van der Waals surface area contributed by atoms with Crippen molar-refractivity contribution in [3.8, 4) is 11.1 Å². The molecule has 0 atom stereocenters. The zero-order valence-electron chi connectivity index (χ0n) is 9.07. The maximum absolute atomic E-state index is 10.7. The first-order valence-electron chi connectivity index (χ1n) is 4.88. The summed E-state index contributed by atoms with van der Waals surface area (Å²) in [5.41, 5.74) is 3.29. The Morgan fingerprint density at radius 2 is 2.19 bits per heavy atom. The lowest BCUT2D eigenvalue weighted by molar-refractivity contribution is 0.112. The van der Waals surface area contributed by atoms with E-state index in [0.717, 1.165) is 23.1 Å². The highest BCUT2D eigenvalue weighted by molar-refractivity contribution is 6.32. The minimum absolute atomic E-state index is 0.584.